The van der Waals surface area contributed by atoms with Crippen LogP contribution in [0.4, 0.5) is 0 Å². The molecule has 1 rings (SSSR count). The van der Waals surface area contributed by atoms with Gasteiger partial charge in [0.15, 0.2) is 0 Å². The van der Waals surface area contributed by atoms with Crippen molar-refractivity contribution < 1.29 is 5.11 Å². The van der Waals surface area contributed by atoms with Crippen molar-refractivity contribution in [1.82, 2.24) is 9.97 Å². The van der Waals surface area contributed by atoms with E-state index in [9.17, 15) is 5.11 Å². The molecule has 0 bridgehead atoms. The summed E-state index contributed by atoms with van der Waals surface area (Å²) >= 11 is 0. The molecule has 1 aromatic heterocycles. The summed E-state index contributed by atoms with van der Waals surface area (Å²) in [5, 5.41) is 10.4. The molecule has 0 aliphatic heterocycles. The highest BCUT2D eigenvalue weighted by atomic mass is 16.3. The van der Waals surface area contributed by atoms with Crippen molar-refractivity contribution in [3.05, 3.63) is 24.3 Å². The molecule has 0 amide bonds. The second kappa shape index (κ2) is 3.27. The van der Waals surface area contributed by atoms with Crippen LogP contribution in [0.5, 0.6) is 0 Å². The molecule has 1 atom stereocenters. The minimum absolute atomic E-state index is 0.0683. The molecule has 0 aliphatic carbocycles. The molecule has 0 saturated heterocycles. The fourth-order valence-electron chi connectivity index (χ4n) is 0.640. The Morgan fingerprint density at radius 1 is 1.50 bits per heavy atom. The van der Waals surface area contributed by atoms with E-state index in [0.29, 0.717) is 5.82 Å². The average molecular weight is 137 g/mol. The van der Waals surface area contributed by atoms with Gasteiger partial charge in [-0.2, -0.15) is 0 Å². The Labute approximate surface area is 59.8 Å². The van der Waals surface area contributed by atoms with Crippen molar-refractivity contribution in [2.75, 3.05) is 6.61 Å². The van der Waals surface area contributed by atoms with Crippen LogP contribution in [0, 0.1) is 0 Å². The first-order chi connectivity index (χ1) is 4.84. The Hall–Kier alpha value is -0.960. The number of nitrogens with zero attached hydrogens (tertiary/aromatic N) is 2. The SMILES string of the molecule is CC(C[O])c1ncccn1. The molecule has 3 heteroatoms. The molecule has 0 aliphatic rings. The highest BCUT2D eigenvalue weighted by Gasteiger charge is 2.05. The summed E-state index contributed by atoms with van der Waals surface area (Å²) in [5.41, 5.74) is 0. The Morgan fingerprint density at radius 3 is 2.60 bits per heavy atom. The zero-order chi connectivity index (χ0) is 7.40. The molecule has 53 valence electrons. The van der Waals surface area contributed by atoms with Crippen LogP contribution in [0.1, 0.15) is 18.7 Å². The first kappa shape index (κ1) is 7.15. The van der Waals surface area contributed by atoms with E-state index in [2.05, 4.69) is 9.97 Å². The third-order valence-electron chi connectivity index (χ3n) is 1.28. The number of hydrogen-bond acceptors (Lipinski definition) is 2. The van der Waals surface area contributed by atoms with Gasteiger partial charge in [0.05, 0.1) is 6.61 Å². The van der Waals surface area contributed by atoms with Crippen LogP contribution < -0.4 is 0 Å². The van der Waals surface area contributed by atoms with E-state index in [1.54, 1.807) is 18.5 Å². The van der Waals surface area contributed by atoms with Crippen molar-refractivity contribution in [1.29, 1.82) is 0 Å². The van der Waals surface area contributed by atoms with Crippen molar-refractivity contribution in [3.63, 3.8) is 0 Å². The van der Waals surface area contributed by atoms with Crippen LogP contribution in [0.2, 0.25) is 0 Å². The van der Waals surface area contributed by atoms with E-state index in [4.69, 9.17) is 0 Å². The Kier molecular flexibility index (Phi) is 2.34. The first-order valence-corrected chi connectivity index (χ1v) is 3.19. The van der Waals surface area contributed by atoms with Gasteiger partial charge in [-0.3, -0.25) is 0 Å². The lowest BCUT2D eigenvalue weighted by Crippen LogP contribution is -2.02. The van der Waals surface area contributed by atoms with Crippen LogP contribution in [0.15, 0.2) is 18.5 Å². The summed E-state index contributed by atoms with van der Waals surface area (Å²) in [6, 6.07) is 1.74. The van der Waals surface area contributed by atoms with Crippen LogP contribution in [0.3, 0.4) is 0 Å². The summed E-state index contributed by atoms with van der Waals surface area (Å²) in [6.45, 7) is 1.67. The topological polar surface area (TPSA) is 45.7 Å². The van der Waals surface area contributed by atoms with Crippen molar-refractivity contribution >= 4 is 0 Å². The van der Waals surface area contributed by atoms with E-state index >= 15 is 0 Å². The molecule has 1 heterocycles. The van der Waals surface area contributed by atoms with E-state index in [-0.39, 0.29) is 12.5 Å². The standard InChI is InChI=1S/C7H9N2O/c1-6(5-10)7-8-3-2-4-9-7/h2-4,6H,5H2,1H3. The summed E-state index contributed by atoms with van der Waals surface area (Å²) in [5.74, 6) is 0.568. The third kappa shape index (κ3) is 1.51. The highest BCUT2D eigenvalue weighted by Crippen LogP contribution is 2.05. The minimum atomic E-state index is -0.149. The third-order valence-corrected chi connectivity index (χ3v) is 1.28. The first-order valence-electron chi connectivity index (χ1n) is 3.19. The molecule has 1 radical (unpaired) electrons. The Balaban J connectivity index is 2.75. The van der Waals surface area contributed by atoms with Gasteiger partial charge in [0.2, 0.25) is 0 Å². The minimum Gasteiger partial charge on any atom is -0.241 e. The van der Waals surface area contributed by atoms with Crippen LogP contribution in [-0.2, 0) is 5.11 Å². The Bertz CT molecular complexity index is 188. The fraction of sp³-hybridized carbons (Fsp3) is 0.429. The van der Waals surface area contributed by atoms with Gasteiger partial charge in [-0.1, -0.05) is 6.92 Å². The second-order valence-electron chi connectivity index (χ2n) is 2.17. The molecule has 0 spiro atoms. The molecular formula is C7H9N2O. The van der Waals surface area contributed by atoms with E-state index in [1.165, 1.54) is 0 Å². The zero-order valence-electron chi connectivity index (χ0n) is 5.82. The van der Waals surface area contributed by atoms with Crippen molar-refractivity contribution in [2.24, 2.45) is 0 Å². The molecule has 3 nitrogen and oxygen atoms in total. The molecule has 10 heavy (non-hydrogen) atoms. The quantitative estimate of drug-likeness (QED) is 0.610. The van der Waals surface area contributed by atoms with Gasteiger partial charge in [-0.05, 0) is 6.07 Å². The lowest BCUT2D eigenvalue weighted by molar-refractivity contribution is 0.174. The van der Waals surface area contributed by atoms with Crippen molar-refractivity contribution in [2.45, 2.75) is 12.8 Å². The fourth-order valence-corrected chi connectivity index (χ4v) is 0.640. The van der Waals surface area contributed by atoms with Gasteiger partial charge in [-0.15, -0.1) is 0 Å². The molecule has 1 aromatic rings. The maximum absolute atomic E-state index is 10.4. The van der Waals surface area contributed by atoms with Gasteiger partial charge < -0.3 is 0 Å². The molecule has 0 aromatic carbocycles. The normalized spacial score (nSPS) is 13.0. The molecule has 0 saturated carbocycles. The number of rotatable bonds is 2. The summed E-state index contributed by atoms with van der Waals surface area (Å²) in [6.07, 6.45) is 3.29. The summed E-state index contributed by atoms with van der Waals surface area (Å²) in [4.78, 5) is 7.88. The molecule has 1 unspecified atom stereocenters. The number of hydrogen-bond donors (Lipinski definition) is 0. The van der Waals surface area contributed by atoms with Crippen molar-refractivity contribution in [3.8, 4) is 0 Å². The second-order valence-corrected chi connectivity index (χ2v) is 2.17. The smallest absolute Gasteiger partial charge is 0.133 e. The zero-order valence-corrected chi connectivity index (χ0v) is 5.82. The predicted molar refractivity (Wildman–Crippen MR) is 36.0 cm³/mol. The maximum atomic E-state index is 10.4. The van der Waals surface area contributed by atoms with E-state index < -0.39 is 0 Å². The Morgan fingerprint density at radius 2 is 2.10 bits per heavy atom. The van der Waals surface area contributed by atoms with Gasteiger partial charge in [0, 0.05) is 18.3 Å². The van der Waals surface area contributed by atoms with Crippen LogP contribution in [0.25, 0.3) is 0 Å². The highest BCUT2D eigenvalue weighted by molar-refractivity contribution is 4.94. The molecule has 0 N–H and O–H groups in total. The van der Waals surface area contributed by atoms with Crippen LogP contribution >= 0.6 is 0 Å². The van der Waals surface area contributed by atoms with E-state index in [0.717, 1.165) is 0 Å². The van der Waals surface area contributed by atoms with Gasteiger partial charge in [0.1, 0.15) is 5.82 Å². The van der Waals surface area contributed by atoms with Gasteiger partial charge in [-0.25, -0.2) is 15.1 Å². The van der Waals surface area contributed by atoms with Gasteiger partial charge >= 0.3 is 0 Å². The van der Waals surface area contributed by atoms with E-state index in [1.807, 2.05) is 6.92 Å². The summed E-state index contributed by atoms with van der Waals surface area (Å²) < 4.78 is 0. The lowest BCUT2D eigenvalue weighted by atomic mass is 10.2. The largest absolute Gasteiger partial charge is 0.241 e. The molecular weight excluding hydrogens is 128 g/mol. The predicted octanol–water partition coefficient (Wildman–Crippen LogP) is 1.01. The monoisotopic (exact) mass is 137 g/mol. The lowest BCUT2D eigenvalue weighted by Gasteiger charge is -2.01. The average Bonchev–Trinajstić information content (AvgIpc) is 2.05. The number of aromatic nitrogens is 2. The van der Waals surface area contributed by atoms with Crippen LogP contribution in [-0.4, -0.2) is 16.6 Å². The molecule has 0 fully saturated rings. The summed E-state index contributed by atoms with van der Waals surface area (Å²) in [7, 11) is 0. The maximum Gasteiger partial charge on any atom is 0.133 e. The van der Waals surface area contributed by atoms with Gasteiger partial charge in [0.25, 0.3) is 0 Å².